The Kier molecular flexibility index (Phi) is 6.11. The number of likely N-dealkylation sites (N-methyl/N-ethyl adjacent to an activating group) is 1. The molecule has 112 valence electrons. The van der Waals surface area contributed by atoms with Crippen molar-refractivity contribution in [3.8, 4) is 17.2 Å². The summed E-state index contributed by atoms with van der Waals surface area (Å²) in [5.41, 5.74) is 0.631. The van der Waals surface area contributed by atoms with E-state index in [1.165, 1.54) is 21.3 Å². The summed E-state index contributed by atoms with van der Waals surface area (Å²) in [6.07, 6.45) is 0. The molecule has 1 unspecified atom stereocenters. The number of nitrogens with one attached hydrogen (secondary N) is 1. The highest BCUT2D eigenvalue weighted by atomic mass is 16.5. The smallest absolute Gasteiger partial charge is 0.327 e. The van der Waals surface area contributed by atoms with Crippen LogP contribution in [0.15, 0.2) is 12.1 Å². The van der Waals surface area contributed by atoms with E-state index >= 15 is 0 Å². The van der Waals surface area contributed by atoms with Crippen LogP contribution in [0.4, 0.5) is 0 Å². The zero-order valence-electron chi connectivity index (χ0n) is 12.5. The number of hydrogen-bond acceptors (Lipinski definition) is 6. The minimum Gasteiger partial charge on any atom is -0.496 e. The molecule has 0 spiro atoms. The molecule has 0 saturated carbocycles. The fraction of sp³-hybridized carbons (Fsp3) is 0.500. The quantitative estimate of drug-likeness (QED) is 0.766. The summed E-state index contributed by atoms with van der Waals surface area (Å²) in [6.45, 7) is 2.07. The van der Waals surface area contributed by atoms with Gasteiger partial charge in [0.1, 0.15) is 11.8 Å². The van der Waals surface area contributed by atoms with Crippen molar-refractivity contribution in [2.24, 2.45) is 0 Å². The molecule has 0 aliphatic rings. The summed E-state index contributed by atoms with van der Waals surface area (Å²) in [6, 6.07) is 2.75. The standard InChI is InChI=1S/C14H21NO5/c1-6-20-14(16)13(15-2)9-7-11(18-4)12(19-5)8-10(9)17-3/h7-8,13,15H,6H2,1-5H3. The maximum atomic E-state index is 12.0. The Hall–Kier alpha value is -1.95. The van der Waals surface area contributed by atoms with Gasteiger partial charge in [0.25, 0.3) is 0 Å². The van der Waals surface area contributed by atoms with E-state index in [4.69, 9.17) is 18.9 Å². The monoisotopic (exact) mass is 283 g/mol. The van der Waals surface area contributed by atoms with Crippen LogP contribution in [0.25, 0.3) is 0 Å². The van der Waals surface area contributed by atoms with E-state index in [-0.39, 0.29) is 5.97 Å². The molecule has 6 heteroatoms. The van der Waals surface area contributed by atoms with Crippen LogP contribution >= 0.6 is 0 Å². The highest BCUT2D eigenvalue weighted by Gasteiger charge is 2.25. The molecule has 0 amide bonds. The van der Waals surface area contributed by atoms with Crippen molar-refractivity contribution in [1.82, 2.24) is 5.32 Å². The van der Waals surface area contributed by atoms with Crippen molar-refractivity contribution in [2.75, 3.05) is 35.0 Å². The number of carbonyl (C=O) groups excluding carboxylic acids is 1. The fourth-order valence-corrected chi connectivity index (χ4v) is 1.90. The van der Waals surface area contributed by atoms with Gasteiger partial charge in [0.2, 0.25) is 0 Å². The number of benzene rings is 1. The molecule has 0 aliphatic carbocycles. The normalized spacial score (nSPS) is 11.7. The average molecular weight is 283 g/mol. The van der Waals surface area contributed by atoms with Gasteiger partial charge in [-0.25, -0.2) is 4.79 Å². The Balaban J connectivity index is 3.29. The molecule has 0 saturated heterocycles. The molecule has 6 nitrogen and oxygen atoms in total. The van der Waals surface area contributed by atoms with Crippen LogP contribution < -0.4 is 19.5 Å². The molecule has 1 rings (SSSR count). The molecule has 1 atom stereocenters. The molecule has 0 radical (unpaired) electrons. The van der Waals surface area contributed by atoms with E-state index in [0.29, 0.717) is 29.4 Å². The van der Waals surface area contributed by atoms with Crippen molar-refractivity contribution < 1.29 is 23.7 Å². The van der Waals surface area contributed by atoms with Gasteiger partial charge in [-0.1, -0.05) is 0 Å². The number of ether oxygens (including phenoxy) is 4. The molecule has 1 N–H and O–H groups in total. The molecule has 1 aromatic rings. The second-order valence-electron chi connectivity index (χ2n) is 3.92. The molecule has 0 bridgehead atoms. The Morgan fingerprint density at radius 3 is 2.10 bits per heavy atom. The van der Waals surface area contributed by atoms with Crippen LogP contribution in [-0.4, -0.2) is 41.0 Å². The maximum absolute atomic E-state index is 12.0. The number of rotatable bonds is 7. The maximum Gasteiger partial charge on any atom is 0.327 e. The van der Waals surface area contributed by atoms with Gasteiger partial charge in [-0.05, 0) is 20.0 Å². The van der Waals surface area contributed by atoms with Gasteiger partial charge in [0.15, 0.2) is 11.5 Å². The first kappa shape index (κ1) is 16.1. The first-order valence-electron chi connectivity index (χ1n) is 6.26. The number of esters is 1. The third kappa shape index (κ3) is 3.33. The van der Waals surface area contributed by atoms with E-state index in [0.717, 1.165) is 0 Å². The summed E-state index contributed by atoms with van der Waals surface area (Å²) in [4.78, 5) is 12.0. The summed E-state index contributed by atoms with van der Waals surface area (Å²) < 4.78 is 20.8. The first-order valence-corrected chi connectivity index (χ1v) is 6.26. The topological polar surface area (TPSA) is 66.0 Å². The average Bonchev–Trinajstić information content (AvgIpc) is 2.47. The van der Waals surface area contributed by atoms with Crippen molar-refractivity contribution in [3.63, 3.8) is 0 Å². The van der Waals surface area contributed by atoms with Crippen LogP contribution in [0.2, 0.25) is 0 Å². The second kappa shape index (κ2) is 7.59. The summed E-state index contributed by atoms with van der Waals surface area (Å²) in [5, 5.41) is 2.92. The van der Waals surface area contributed by atoms with Crippen LogP contribution in [-0.2, 0) is 9.53 Å². The lowest BCUT2D eigenvalue weighted by Crippen LogP contribution is -2.27. The van der Waals surface area contributed by atoms with Gasteiger partial charge in [0.05, 0.1) is 27.9 Å². The van der Waals surface area contributed by atoms with Crippen molar-refractivity contribution >= 4 is 5.97 Å². The van der Waals surface area contributed by atoms with Crippen molar-refractivity contribution in [1.29, 1.82) is 0 Å². The predicted octanol–water partition coefficient (Wildman–Crippen LogP) is 1.54. The zero-order valence-corrected chi connectivity index (χ0v) is 12.5. The molecule has 0 aromatic heterocycles. The third-order valence-corrected chi connectivity index (χ3v) is 2.86. The summed E-state index contributed by atoms with van der Waals surface area (Å²) >= 11 is 0. The van der Waals surface area contributed by atoms with E-state index in [9.17, 15) is 4.79 Å². The second-order valence-corrected chi connectivity index (χ2v) is 3.92. The third-order valence-electron chi connectivity index (χ3n) is 2.86. The molecular weight excluding hydrogens is 262 g/mol. The number of carbonyl (C=O) groups is 1. The van der Waals surface area contributed by atoms with Gasteiger partial charge in [-0.3, -0.25) is 0 Å². The van der Waals surface area contributed by atoms with E-state index in [1.54, 1.807) is 26.1 Å². The largest absolute Gasteiger partial charge is 0.496 e. The molecule has 0 fully saturated rings. The van der Waals surface area contributed by atoms with Crippen molar-refractivity contribution in [2.45, 2.75) is 13.0 Å². The lowest BCUT2D eigenvalue weighted by atomic mass is 10.0. The fourth-order valence-electron chi connectivity index (χ4n) is 1.90. The lowest BCUT2D eigenvalue weighted by Gasteiger charge is -2.20. The van der Waals surface area contributed by atoms with Gasteiger partial charge in [-0.2, -0.15) is 0 Å². The first-order chi connectivity index (χ1) is 9.62. The Morgan fingerprint density at radius 2 is 1.65 bits per heavy atom. The van der Waals surface area contributed by atoms with Gasteiger partial charge in [0, 0.05) is 11.6 Å². The number of hydrogen-bond donors (Lipinski definition) is 1. The van der Waals surface area contributed by atoms with Gasteiger partial charge in [-0.15, -0.1) is 0 Å². The minimum atomic E-state index is -0.635. The van der Waals surface area contributed by atoms with Gasteiger partial charge >= 0.3 is 5.97 Å². The van der Waals surface area contributed by atoms with E-state index in [2.05, 4.69) is 5.32 Å². The highest BCUT2D eigenvalue weighted by molar-refractivity contribution is 5.79. The molecule has 20 heavy (non-hydrogen) atoms. The lowest BCUT2D eigenvalue weighted by molar-refractivity contribution is -0.145. The summed E-state index contributed by atoms with van der Waals surface area (Å²) in [7, 11) is 6.28. The van der Waals surface area contributed by atoms with Crippen LogP contribution in [0, 0.1) is 0 Å². The SMILES string of the molecule is CCOC(=O)C(NC)c1cc(OC)c(OC)cc1OC. The number of methoxy groups -OCH3 is 3. The zero-order chi connectivity index (χ0) is 15.1. The van der Waals surface area contributed by atoms with Crippen molar-refractivity contribution in [3.05, 3.63) is 17.7 Å². The molecule has 0 heterocycles. The highest BCUT2D eigenvalue weighted by Crippen LogP contribution is 2.37. The van der Waals surface area contributed by atoms with E-state index < -0.39 is 6.04 Å². The van der Waals surface area contributed by atoms with Crippen LogP contribution in [0.1, 0.15) is 18.5 Å². The Morgan fingerprint density at radius 1 is 1.10 bits per heavy atom. The van der Waals surface area contributed by atoms with Crippen LogP contribution in [0.3, 0.4) is 0 Å². The Labute approximate surface area is 119 Å². The molecular formula is C14H21NO5. The molecule has 0 aliphatic heterocycles. The van der Waals surface area contributed by atoms with Crippen LogP contribution in [0.5, 0.6) is 17.2 Å². The molecule has 1 aromatic carbocycles. The minimum absolute atomic E-state index is 0.312. The van der Waals surface area contributed by atoms with Gasteiger partial charge < -0.3 is 24.3 Å². The van der Waals surface area contributed by atoms with E-state index in [1.807, 2.05) is 0 Å². The Bertz CT molecular complexity index is 461. The summed E-state index contributed by atoms with van der Waals surface area (Å²) in [5.74, 6) is 1.20. The predicted molar refractivity (Wildman–Crippen MR) is 74.5 cm³/mol.